The van der Waals surface area contributed by atoms with E-state index in [0.717, 1.165) is 0 Å². The van der Waals surface area contributed by atoms with Gasteiger partial charge in [-0.25, -0.2) is 4.79 Å². The van der Waals surface area contributed by atoms with E-state index < -0.39 is 22.6 Å². The minimum absolute atomic E-state index is 0.148. The molecule has 0 unspecified atom stereocenters. The van der Waals surface area contributed by atoms with Crippen LogP contribution >= 0.6 is 11.8 Å². The maximum atomic E-state index is 11.6. The highest BCUT2D eigenvalue weighted by atomic mass is 32.2. The molecule has 1 aromatic heterocycles. The monoisotopic (exact) mass is 259 g/mol. The van der Waals surface area contributed by atoms with Crippen LogP contribution in [0.4, 0.5) is 5.82 Å². The summed E-state index contributed by atoms with van der Waals surface area (Å²) in [6.07, 6.45) is 0.967. The smallest absolute Gasteiger partial charge is 0.350 e. The quantitative estimate of drug-likeness (QED) is 0.623. The number of aliphatic hydroxyl groups excluding tert-OH is 2. The van der Waals surface area contributed by atoms with E-state index in [4.69, 9.17) is 15.6 Å². The third-order valence-electron chi connectivity index (χ3n) is 2.39. The van der Waals surface area contributed by atoms with Crippen LogP contribution in [0.25, 0.3) is 0 Å². The molecule has 94 valence electrons. The van der Waals surface area contributed by atoms with Crippen LogP contribution in [-0.4, -0.2) is 44.5 Å². The van der Waals surface area contributed by atoms with E-state index in [2.05, 4.69) is 4.98 Å². The Kier molecular flexibility index (Phi) is 3.67. The lowest BCUT2D eigenvalue weighted by atomic mass is 10.3. The van der Waals surface area contributed by atoms with Crippen LogP contribution in [-0.2, 0) is 4.74 Å². The number of ether oxygens (including phenoxy) is 1. The van der Waals surface area contributed by atoms with Gasteiger partial charge in [-0.1, -0.05) is 11.8 Å². The van der Waals surface area contributed by atoms with Gasteiger partial charge >= 0.3 is 5.69 Å². The van der Waals surface area contributed by atoms with Crippen LogP contribution in [0.3, 0.4) is 0 Å². The van der Waals surface area contributed by atoms with Gasteiger partial charge in [0.15, 0.2) is 0 Å². The Balaban J connectivity index is 2.29. The molecule has 0 aromatic carbocycles. The summed E-state index contributed by atoms with van der Waals surface area (Å²) in [5.74, 6) is 0.148. The Labute approximate surface area is 101 Å². The summed E-state index contributed by atoms with van der Waals surface area (Å²) in [5.41, 5.74) is 4.45. The minimum atomic E-state index is -0.541. The second-order valence-corrected chi connectivity index (χ2v) is 4.82. The molecule has 0 radical (unpaired) electrons. The molecule has 7 nitrogen and oxygen atoms in total. The van der Waals surface area contributed by atoms with Gasteiger partial charge in [-0.2, -0.15) is 4.98 Å². The molecule has 0 aliphatic carbocycles. The van der Waals surface area contributed by atoms with Crippen LogP contribution in [0.5, 0.6) is 0 Å². The lowest BCUT2D eigenvalue weighted by Gasteiger charge is -2.16. The number of hydrogen-bond donors (Lipinski definition) is 3. The number of thioether (sulfide) groups is 1. The van der Waals surface area contributed by atoms with Gasteiger partial charge in [0.25, 0.3) is 0 Å². The first-order valence-corrected chi connectivity index (χ1v) is 5.97. The van der Waals surface area contributed by atoms with E-state index in [1.165, 1.54) is 28.6 Å². The Hall–Kier alpha value is -1.09. The molecule has 0 amide bonds. The topological polar surface area (TPSA) is 111 Å². The normalized spacial score (nSPS) is 28.5. The van der Waals surface area contributed by atoms with E-state index in [0.29, 0.717) is 0 Å². The summed E-state index contributed by atoms with van der Waals surface area (Å²) in [4.78, 5) is 15.3. The number of nitrogens with zero attached hydrogens (tertiary/aromatic N) is 2. The lowest BCUT2D eigenvalue weighted by molar-refractivity contribution is -0.0126. The first-order chi connectivity index (χ1) is 8.15. The van der Waals surface area contributed by atoms with Gasteiger partial charge in [0.1, 0.15) is 22.7 Å². The number of nitrogen functional groups attached to an aromatic ring is 1. The number of anilines is 1. The molecule has 1 aromatic rings. The highest BCUT2D eigenvalue weighted by Gasteiger charge is 2.36. The maximum absolute atomic E-state index is 11.6. The zero-order valence-electron chi connectivity index (χ0n) is 8.89. The molecule has 3 atom stereocenters. The van der Waals surface area contributed by atoms with E-state index >= 15 is 0 Å². The molecule has 1 aliphatic heterocycles. The van der Waals surface area contributed by atoms with Crippen molar-refractivity contribution in [2.75, 3.05) is 18.9 Å². The highest BCUT2D eigenvalue weighted by Crippen LogP contribution is 2.39. The maximum Gasteiger partial charge on any atom is 0.350 e. The average molecular weight is 259 g/mol. The average Bonchev–Trinajstić information content (AvgIpc) is 2.72. The summed E-state index contributed by atoms with van der Waals surface area (Å²) in [6.45, 7) is -0.403. The van der Waals surface area contributed by atoms with Crippen LogP contribution < -0.4 is 11.4 Å². The molecule has 0 saturated carbocycles. The van der Waals surface area contributed by atoms with Crippen molar-refractivity contribution in [2.24, 2.45) is 0 Å². The Morgan fingerprint density at radius 3 is 2.88 bits per heavy atom. The molecule has 2 heterocycles. The number of rotatable bonds is 3. The minimum Gasteiger partial charge on any atom is -0.394 e. The van der Waals surface area contributed by atoms with Crippen molar-refractivity contribution in [3.8, 4) is 0 Å². The molecule has 1 aliphatic rings. The van der Waals surface area contributed by atoms with E-state index in [-0.39, 0.29) is 19.0 Å². The third-order valence-corrected chi connectivity index (χ3v) is 3.76. The highest BCUT2D eigenvalue weighted by molar-refractivity contribution is 8.00. The number of aliphatic hydroxyl groups is 2. The Bertz CT molecular complexity index is 452. The fourth-order valence-corrected chi connectivity index (χ4v) is 2.84. The van der Waals surface area contributed by atoms with Crippen molar-refractivity contribution in [1.29, 1.82) is 0 Å². The van der Waals surface area contributed by atoms with Crippen LogP contribution in [0.2, 0.25) is 0 Å². The lowest BCUT2D eigenvalue weighted by Crippen LogP contribution is -2.32. The molecular weight excluding hydrogens is 246 g/mol. The summed E-state index contributed by atoms with van der Waals surface area (Å²) in [6, 6.07) is 1.50. The van der Waals surface area contributed by atoms with E-state index in [9.17, 15) is 9.90 Å². The molecule has 2 rings (SSSR count). The molecule has 0 bridgehead atoms. The number of aromatic nitrogens is 2. The summed E-state index contributed by atoms with van der Waals surface area (Å²) in [5, 5.41) is 17.8. The Morgan fingerprint density at radius 1 is 1.53 bits per heavy atom. The summed E-state index contributed by atoms with van der Waals surface area (Å²) < 4.78 is 6.70. The fraction of sp³-hybridized carbons (Fsp3) is 0.556. The van der Waals surface area contributed by atoms with Crippen LogP contribution in [0.1, 0.15) is 5.37 Å². The molecule has 4 N–H and O–H groups in total. The van der Waals surface area contributed by atoms with Gasteiger partial charge in [-0.15, -0.1) is 0 Å². The number of hydrogen-bond acceptors (Lipinski definition) is 7. The van der Waals surface area contributed by atoms with Crippen molar-refractivity contribution in [3.05, 3.63) is 22.7 Å². The first-order valence-electron chi connectivity index (χ1n) is 5.03. The molecule has 1 saturated heterocycles. The second-order valence-electron chi connectivity index (χ2n) is 3.54. The Morgan fingerprint density at radius 2 is 2.29 bits per heavy atom. The molecule has 1 fully saturated rings. The van der Waals surface area contributed by atoms with Gasteiger partial charge in [0.05, 0.1) is 13.2 Å². The zero-order valence-corrected chi connectivity index (χ0v) is 9.71. The molecule has 17 heavy (non-hydrogen) atoms. The van der Waals surface area contributed by atoms with Crippen molar-refractivity contribution in [2.45, 2.75) is 16.9 Å². The van der Waals surface area contributed by atoms with Gasteiger partial charge < -0.3 is 20.7 Å². The van der Waals surface area contributed by atoms with Crippen molar-refractivity contribution in [3.63, 3.8) is 0 Å². The van der Waals surface area contributed by atoms with Crippen LogP contribution in [0, 0.1) is 0 Å². The van der Waals surface area contributed by atoms with Crippen molar-refractivity contribution >= 4 is 17.6 Å². The fourth-order valence-electron chi connectivity index (χ4n) is 1.62. The second kappa shape index (κ2) is 5.05. The van der Waals surface area contributed by atoms with Crippen molar-refractivity contribution < 1.29 is 14.9 Å². The number of nitrogens with two attached hydrogens (primary N) is 1. The van der Waals surface area contributed by atoms with Crippen molar-refractivity contribution in [1.82, 2.24) is 9.55 Å². The zero-order chi connectivity index (χ0) is 12.4. The largest absolute Gasteiger partial charge is 0.394 e. The molecular formula is C9H13N3O4S. The molecule has 0 spiro atoms. The predicted molar refractivity (Wildman–Crippen MR) is 62.4 cm³/mol. The van der Waals surface area contributed by atoms with Crippen LogP contribution in [0.15, 0.2) is 17.1 Å². The van der Waals surface area contributed by atoms with E-state index in [1.807, 2.05) is 0 Å². The standard InChI is InChI=1S/C9H13N3O4S/c10-6-1-2-12(9(15)11-6)8-5(3-13)16-7(4-14)17-8/h1-2,5,7-8,13-14H,3-4H2,(H2,10,11,15)/t5-,7-,8+/m0/s1. The summed E-state index contributed by atoms with van der Waals surface area (Å²) in [7, 11) is 0. The van der Waals surface area contributed by atoms with E-state index in [1.54, 1.807) is 0 Å². The predicted octanol–water partition coefficient (Wildman–Crippen LogP) is -1.23. The third kappa shape index (κ3) is 2.44. The van der Waals surface area contributed by atoms with Gasteiger partial charge in [0, 0.05) is 6.20 Å². The molecule has 8 heteroatoms. The van der Waals surface area contributed by atoms with Gasteiger partial charge in [-0.3, -0.25) is 4.57 Å². The van der Waals surface area contributed by atoms with Gasteiger partial charge in [0.2, 0.25) is 0 Å². The first kappa shape index (κ1) is 12.4. The SMILES string of the molecule is Nc1ccn([C@@H]2S[C@@H](CO)O[C@H]2CO)c(=O)n1. The summed E-state index contributed by atoms with van der Waals surface area (Å²) >= 11 is 1.27. The van der Waals surface area contributed by atoms with Gasteiger partial charge in [-0.05, 0) is 6.07 Å².